The summed E-state index contributed by atoms with van der Waals surface area (Å²) in [6, 6.07) is 16.8. The fraction of sp³-hybridized carbons (Fsp3) is 0. The quantitative estimate of drug-likeness (QED) is 0.385. The number of hydrazine groups is 1. The monoisotopic (exact) mass is 495 g/mol. The van der Waals surface area contributed by atoms with E-state index in [0.717, 1.165) is 0 Å². The van der Waals surface area contributed by atoms with Crippen LogP contribution in [0.1, 0.15) is 15.9 Å². The molecule has 0 aliphatic carbocycles. The van der Waals surface area contributed by atoms with Crippen LogP contribution in [0.25, 0.3) is 5.70 Å². The third-order valence-corrected chi connectivity index (χ3v) is 6.35. The Labute approximate surface area is 194 Å². The van der Waals surface area contributed by atoms with Crippen LogP contribution < -0.4 is 15.6 Å². The number of benzene rings is 3. The van der Waals surface area contributed by atoms with Gasteiger partial charge in [-0.2, -0.15) is 0 Å². The van der Waals surface area contributed by atoms with Crippen molar-refractivity contribution in [1.82, 2.24) is 10.9 Å². The molecule has 0 saturated heterocycles. The molecule has 0 bridgehead atoms. The maximum absolute atomic E-state index is 12.7. The van der Waals surface area contributed by atoms with Gasteiger partial charge in [-0.15, -0.1) is 0 Å². The van der Waals surface area contributed by atoms with Gasteiger partial charge in [0.25, 0.3) is 15.9 Å². The Hall–Kier alpha value is -2.71. The van der Waals surface area contributed by atoms with Crippen molar-refractivity contribution >= 4 is 62.1 Å². The van der Waals surface area contributed by atoms with E-state index in [1.54, 1.807) is 36.4 Å². The molecule has 0 spiro atoms. The van der Waals surface area contributed by atoms with Gasteiger partial charge in [0.15, 0.2) is 0 Å². The van der Waals surface area contributed by atoms with E-state index >= 15 is 0 Å². The summed E-state index contributed by atoms with van der Waals surface area (Å²) < 4.78 is 27.8. The Morgan fingerprint density at radius 3 is 2.29 bits per heavy atom. The zero-order chi connectivity index (χ0) is 22.6. The average Bonchev–Trinajstić information content (AvgIpc) is 2.73. The average molecular weight is 497 g/mol. The second-order valence-corrected chi connectivity index (χ2v) is 9.23. The first kappa shape index (κ1) is 23.0. The molecule has 10 heteroatoms. The molecule has 0 radical (unpaired) electrons. The summed E-state index contributed by atoms with van der Waals surface area (Å²) in [5.74, 6) is -0.568. The molecule has 0 aliphatic heterocycles. The predicted octanol–water partition coefficient (Wildman–Crippen LogP) is 5.35. The maximum Gasteiger partial charge on any atom is 0.269 e. The maximum atomic E-state index is 12.7. The van der Waals surface area contributed by atoms with Crippen molar-refractivity contribution in [1.29, 1.82) is 0 Å². The van der Waals surface area contributed by atoms with Crippen LogP contribution in [0.15, 0.2) is 78.2 Å². The molecule has 3 aromatic rings. The van der Waals surface area contributed by atoms with Crippen molar-refractivity contribution in [2.45, 2.75) is 4.90 Å². The van der Waals surface area contributed by atoms with E-state index in [0.29, 0.717) is 21.3 Å². The van der Waals surface area contributed by atoms with Gasteiger partial charge in [-0.3, -0.25) is 20.4 Å². The van der Waals surface area contributed by atoms with Crippen LogP contribution in [0.2, 0.25) is 15.1 Å². The molecule has 3 rings (SSSR count). The van der Waals surface area contributed by atoms with Gasteiger partial charge in [0.05, 0.1) is 26.3 Å². The van der Waals surface area contributed by atoms with E-state index in [9.17, 15) is 13.2 Å². The number of para-hydroxylation sites is 1. The Bertz CT molecular complexity index is 1260. The van der Waals surface area contributed by atoms with Crippen LogP contribution >= 0.6 is 34.8 Å². The standard InChI is InChI=1S/C21H16Cl3N3O3S/c1-13(17-10-9-15(22)12-19(17)24)25-26-21(28)14-5-4-6-16(11-14)31(29,30)27-20-8-3-2-7-18(20)23/h2-12,25,27H,1H2,(H,26,28). The van der Waals surface area contributed by atoms with Crippen molar-refractivity contribution < 1.29 is 13.2 Å². The van der Waals surface area contributed by atoms with E-state index in [-0.39, 0.29) is 21.2 Å². The molecule has 1 amide bonds. The minimum absolute atomic E-state index is 0.0976. The molecule has 160 valence electrons. The van der Waals surface area contributed by atoms with Gasteiger partial charge in [0.1, 0.15) is 0 Å². The number of carbonyl (C=O) groups is 1. The van der Waals surface area contributed by atoms with Gasteiger partial charge >= 0.3 is 0 Å². The summed E-state index contributed by atoms with van der Waals surface area (Å²) in [6.45, 7) is 3.82. The van der Waals surface area contributed by atoms with Crippen LogP contribution in [0.5, 0.6) is 0 Å². The number of carbonyl (C=O) groups excluding carboxylic acids is 1. The van der Waals surface area contributed by atoms with E-state index in [2.05, 4.69) is 22.2 Å². The van der Waals surface area contributed by atoms with Crippen molar-refractivity contribution in [3.05, 3.63) is 99.5 Å². The first-order chi connectivity index (χ1) is 14.7. The molecule has 0 heterocycles. The van der Waals surface area contributed by atoms with Crippen molar-refractivity contribution in [2.75, 3.05) is 4.72 Å². The van der Waals surface area contributed by atoms with Crippen LogP contribution in [-0.2, 0) is 10.0 Å². The Balaban J connectivity index is 1.72. The number of sulfonamides is 1. The van der Waals surface area contributed by atoms with Gasteiger partial charge in [-0.1, -0.05) is 59.6 Å². The lowest BCUT2D eigenvalue weighted by Crippen LogP contribution is -2.36. The lowest BCUT2D eigenvalue weighted by Gasteiger charge is -2.13. The number of hydrogen-bond donors (Lipinski definition) is 3. The number of rotatable bonds is 7. The fourth-order valence-electron chi connectivity index (χ4n) is 2.56. The van der Waals surface area contributed by atoms with Crippen molar-refractivity contribution in [3.63, 3.8) is 0 Å². The minimum Gasteiger partial charge on any atom is -0.298 e. The largest absolute Gasteiger partial charge is 0.298 e. The number of hydrogen-bond acceptors (Lipinski definition) is 4. The summed E-state index contributed by atoms with van der Waals surface area (Å²) >= 11 is 18.0. The van der Waals surface area contributed by atoms with Crippen LogP contribution in [0.3, 0.4) is 0 Å². The molecule has 31 heavy (non-hydrogen) atoms. The topological polar surface area (TPSA) is 87.3 Å². The van der Waals surface area contributed by atoms with E-state index < -0.39 is 15.9 Å². The summed E-state index contributed by atoms with van der Waals surface area (Å²) in [5.41, 5.74) is 6.35. The zero-order valence-corrected chi connectivity index (χ0v) is 18.9. The lowest BCUT2D eigenvalue weighted by molar-refractivity contribution is 0.0942. The second kappa shape index (κ2) is 9.62. The van der Waals surface area contributed by atoms with Crippen molar-refractivity contribution in [2.24, 2.45) is 0 Å². The molecule has 3 N–H and O–H groups in total. The second-order valence-electron chi connectivity index (χ2n) is 6.30. The molecule has 0 unspecified atom stereocenters. The first-order valence-corrected chi connectivity index (χ1v) is 11.4. The Morgan fingerprint density at radius 2 is 1.58 bits per heavy atom. The number of anilines is 1. The summed E-state index contributed by atoms with van der Waals surface area (Å²) in [5, 5.41) is 1.08. The Kier molecular flexibility index (Phi) is 7.12. The molecule has 0 fully saturated rings. The van der Waals surface area contributed by atoms with E-state index in [4.69, 9.17) is 34.8 Å². The van der Waals surface area contributed by atoms with Gasteiger partial charge in [0, 0.05) is 16.1 Å². The highest BCUT2D eigenvalue weighted by Crippen LogP contribution is 2.25. The summed E-state index contributed by atoms with van der Waals surface area (Å²) in [6.07, 6.45) is 0. The normalized spacial score (nSPS) is 10.9. The zero-order valence-electron chi connectivity index (χ0n) is 15.8. The van der Waals surface area contributed by atoms with Crippen LogP contribution in [-0.4, -0.2) is 14.3 Å². The lowest BCUT2D eigenvalue weighted by atomic mass is 10.2. The highest BCUT2D eigenvalue weighted by molar-refractivity contribution is 7.92. The number of amides is 1. The minimum atomic E-state index is -3.96. The molecule has 0 aromatic heterocycles. The number of nitrogens with one attached hydrogen (secondary N) is 3. The summed E-state index contributed by atoms with van der Waals surface area (Å²) in [4.78, 5) is 12.4. The first-order valence-electron chi connectivity index (χ1n) is 8.75. The molecular weight excluding hydrogens is 481 g/mol. The summed E-state index contributed by atoms with van der Waals surface area (Å²) in [7, 11) is -3.96. The molecule has 0 saturated carbocycles. The highest BCUT2D eigenvalue weighted by atomic mass is 35.5. The molecular formula is C21H16Cl3N3O3S. The fourth-order valence-corrected chi connectivity index (χ4v) is 4.44. The van der Waals surface area contributed by atoms with Gasteiger partial charge < -0.3 is 0 Å². The third kappa shape index (κ3) is 5.71. The van der Waals surface area contributed by atoms with Gasteiger partial charge in [-0.05, 0) is 48.5 Å². The third-order valence-electron chi connectivity index (χ3n) is 4.11. The van der Waals surface area contributed by atoms with Gasteiger partial charge in [-0.25, -0.2) is 8.42 Å². The molecule has 6 nitrogen and oxygen atoms in total. The van der Waals surface area contributed by atoms with Crippen LogP contribution in [0, 0.1) is 0 Å². The van der Waals surface area contributed by atoms with Crippen molar-refractivity contribution in [3.8, 4) is 0 Å². The van der Waals surface area contributed by atoms with E-state index in [1.165, 1.54) is 30.3 Å². The molecule has 0 aliphatic rings. The predicted molar refractivity (Wildman–Crippen MR) is 125 cm³/mol. The highest BCUT2D eigenvalue weighted by Gasteiger charge is 2.18. The molecule has 3 aromatic carbocycles. The van der Waals surface area contributed by atoms with Crippen LogP contribution in [0.4, 0.5) is 5.69 Å². The van der Waals surface area contributed by atoms with Gasteiger partial charge in [0.2, 0.25) is 0 Å². The Morgan fingerprint density at radius 1 is 0.839 bits per heavy atom. The van der Waals surface area contributed by atoms with E-state index in [1.807, 2.05) is 0 Å². The smallest absolute Gasteiger partial charge is 0.269 e. The molecule has 0 atom stereocenters. The SMILES string of the molecule is C=C(NNC(=O)c1cccc(S(=O)(=O)Nc2ccccc2Cl)c1)c1ccc(Cl)cc1Cl. The number of halogens is 3.